The smallest absolute Gasteiger partial charge is 0.276 e. The fraction of sp³-hybridized carbons (Fsp3) is 0.600. The van der Waals surface area contributed by atoms with Gasteiger partial charge in [-0.1, -0.05) is 0 Å². The molecule has 1 aromatic heterocycles. The van der Waals surface area contributed by atoms with Gasteiger partial charge in [0.05, 0.1) is 22.9 Å². The van der Waals surface area contributed by atoms with Crippen LogP contribution in [0.25, 0.3) is 0 Å². The van der Waals surface area contributed by atoms with Gasteiger partial charge in [-0.05, 0) is 13.8 Å². The number of nitrogens with zero attached hydrogens (tertiary/aromatic N) is 2. The van der Waals surface area contributed by atoms with E-state index >= 15 is 0 Å². The molecule has 0 saturated carbocycles. The number of carbonyl (C=O) groups excluding carboxylic acids is 1. The van der Waals surface area contributed by atoms with Gasteiger partial charge in [-0.15, -0.1) is 0 Å². The van der Waals surface area contributed by atoms with Crippen molar-refractivity contribution in [1.29, 1.82) is 0 Å². The first-order valence-corrected chi connectivity index (χ1v) is 7.46. The summed E-state index contributed by atoms with van der Waals surface area (Å²) in [5.41, 5.74) is 6.87. The monoisotopic (exact) mass is 272 g/mol. The number of H-pyrrole nitrogens is 1. The van der Waals surface area contributed by atoms with Crippen LogP contribution in [0.2, 0.25) is 0 Å². The molecule has 1 fully saturated rings. The number of nitrogens with one attached hydrogen (secondary N) is 1. The summed E-state index contributed by atoms with van der Waals surface area (Å²) in [4.78, 5) is 13.7. The van der Waals surface area contributed by atoms with Crippen LogP contribution in [0.1, 0.15) is 23.1 Å². The number of sulfone groups is 1. The Morgan fingerprint density at radius 3 is 2.72 bits per heavy atom. The van der Waals surface area contributed by atoms with Gasteiger partial charge in [-0.2, -0.15) is 5.10 Å². The second-order valence-corrected chi connectivity index (χ2v) is 6.80. The summed E-state index contributed by atoms with van der Waals surface area (Å²) < 4.78 is 22.9. The fourth-order valence-electron chi connectivity index (χ4n) is 2.04. The van der Waals surface area contributed by atoms with E-state index in [1.165, 1.54) is 4.90 Å². The second-order valence-electron chi connectivity index (χ2n) is 4.57. The average molecular weight is 272 g/mol. The topological polar surface area (TPSA) is 109 Å². The number of aryl methyl sites for hydroxylation is 1. The van der Waals surface area contributed by atoms with Crippen LogP contribution >= 0.6 is 0 Å². The Labute approximate surface area is 105 Å². The molecule has 100 valence electrons. The molecule has 1 atom stereocenters. The summed E-state index contributed by atoms with van der Waals surface area (Å²) in [6.45, 7) is 3.63. The number of nitrogen functional groups attached to an aromatic ring is 1. The number of aromatic amines is 1. The van der Waals surface area contributed by atoms with Gasteiger partial charge in [-0.3, -0.25) is 9.89 Å². The molecule has 1 aliphatic heterocycles. The zero-order valence-electron chi connectivity index (χ0n) is 10.3. The second kappa shape index (κ2) is 4.27. The van der Waals surface area contributed by atoms with Crippen molar-refractivity contribution >= 4 is 21.4 Å². The molecule has 1 aliphatic rings. The van der Waals surface area contributed by atoms with Crippen LogP contribution in [0.3, 0.4) is 0 Å². The van der Waals surface area contributed by atoms with E-state index in [1.807, 2.05) is 0 Å². The first-order valence-electron chi connectivity index (χ1n) is 5.63. The van der Waals surface area contributed by atoms with Crippen molar-refractivity contribution in [3.05, 3.63) is 11.4 Å². The highest BCUT2D eigenvalue weighted by molar-refractivity contribution is 7.91. The van der Waals surface area contributed by atoms with E-state index in [4.69, 9.17) is 5.73 Å². The van der Waals surface area contributed by atoms with E-state index in [1.54, 1.807) is 13.8 Å². The molecule has 0 aliphatic carbocycles. The Kier molecular flexibility index (Phi) is 3.05. The van der Waals surface area contributed by atoms with Crippen LogP contribution in [-0.2, 0) is 9.84 Å². The van der Waals surface area contributed by atoms with Crippen molar-refractivity contribution in [2.45, 2.75) is 19.9 Å². The summed E-state index contributed by atoms with van der Waals surface area (Å²) in [5.74, 6) is -0.340. The van der Waals surface area contributed by atoms with E-state index in [9.17, 15) is 13.2 Å². The van der Waals surface area contributed by atoms with Crippen molar-refractivity contribution in [3.63, 3.8) is 0 Å². The molecule has 1 saturated heterocycles. The van der Waals surface area contributed by atoms with Crippen LogP contribution < -0.4 is 5.73 Å². The van der Waals surface area contributed by atoms with Crippen LogP contribution in [0.5, 0.6) is 0 Å². The number of nitrogens with two attached hydrogens (primary N) is 1. The molecular weight excluding hydrogens is 256 g/mol. The third kappa shape index (κ3) is 2.20. The largest absolute Gasteiger partial charge is 0.395 e. The van der Waals surface area contributed by atoms with E-state index < -0.39 is 9.84 Å². The molecule has 3 N–H and O–H groups in total. The maximum absolute atomic E-state index is 12.2. The number of hydrogen-bond acceptors (Lipinski definition) is 5. The molecule has 2 heterocycles. The maximum atomic E-state index is 12.2. The van der Waals surface area contributed by atoms with Crippen molar-refractivity contribution in [2.24, 2.45) is 0 Å². The van der Waals surface area contributed by atoms with Gasteiger partial charge >= 0.3 is 0 Å². The molecule has 7 nitrogen and oxygen atoms in total. The van der Waals surface area contributed by atoms with Gasteiger partial charge in [0.2, 0.25) is 0 Å². The molecular formula is C10H16N4O3S. The van der Waals surface area contributed by atoms with Crippen LogP contribution in [-0.4, -0.2) is 53.5 Å². The summed E-state index contributed by atoms with van der Waals surface area (Å²) in [6, 6.07) is -0.354. The summed E-state index contributed by atoms with van der Waals surface area (Å²) >= 11 is 0. The highest BCUT2D eigenvalue weighted by atomic mass is 32.2. The van der Waals surface area contributed by atoms with Gasteiger partial charge in [-0.25, -0.2) is 8.42 Å². The number of anilines is 1. The Morgan fingerprint density at radius 1 is 1.56 bits per heavy atom. The van der Waals surface area contributed by atoms with Crippen molar-refractivity contribution < 1.29 is 13.2 Å². The quantitative estimate of drug-likeness (QED) is 0.720. The minimum atomic E-state index is -3.04. The molecule has 1 amide bonds. The van der Waals surface area contributed by atoms with Gasteiger partial charge in [0.15, 0.2) is 15.5 Å². The summed E-state index contributed by atoms with van der Waals surface area (Å²) in [7, 11) is -3.04. The molecule has 2 rings (SSSR count). The molecule has 8 heteroatoms. The molecule has 1 unspecified atom stereocenters. The van der Waals surface area contributed by atoms with Gasteiger partial charge in [0.1, 0.15) is 0 Å². The van der Waals surface area contributed by atoms with E-state index in [2.05, 4.69) is 10.2 Å². The zero-order chi connectivity index (χ0) is 13.5. The molecule has 1 aromatic rings. The fourth-order valence-corrected chi connectivity index (χ4v) is 3.59. The molecule has 0 bridgehead atoms. The highest BCUT2D eigenvalue weighted by Gasteiger charge is 2.33. The molecule has 0 spiro atoms. The predicted octanol–water partition coefficient (Wildman–Crippen LogP) is -0.441. The number of carbonyl (C=O) groups is 1. The Hall–Kier alpha value is -1.57. The average Bonchev–Trinajstić information content (AvgIpc) is 2.58. The minimum absolute atomic E-state index is 0.00755. The molecule has 18 heavy (non-hydrogen) atoms. The van der Waals surface area contributed by atoms with E-state index in [0.717, 1.165) is 0 Å². The third-order valence-corrected chi connectivity index (χ3v) is 4.92. The summed E-state index contributed by atoms with van der Waals surface area (Å²) in [5, 5.41) is 6.52. The Balaban J connectivity index is 2.23. The lowest BCUT2D eigenvalue weighted by Gasteiger charge is -2.32. The first-order chi connectivity index (χ1) is 8.32. The van der Waals surface area contributed by atoms with E-state index in [-0.39, 0.29) is 35.7 Å². The Morgan fingerprint density at radius 2 is 2.22 bits per heavy atom. The standard InChI is InChI=1S/C10H16N4O3S/c1-6-5-18(16,17)4-3-14(6)10(15)9-8(11)7(2)12-13-9/h6H,3-5,11H2,1-2H3,(H,12,13). The van der Waals surface area contributed by atoms with Crippen molar-refractivity contribution in [3.8, 4) is 0 Å². The predicted molar refractivity (Wildman–Crippen MR) is 66.9 cm³/mol. The Bertz CT molecular complexity index is 578. The minimum Gasteiger partial charge on any atom is -0.395 e. The SMILES string of the molecule is Cc1[nH]nc(C(=O)N2CCS(=O)(=O)CC2C)c1N. The molecule has 0 aromatic carbocycles. The van der Waals surface area contributed by atoms with Crippen LogP contribution in [0.4, 0.5) is 5.69 Å². The summed E-state index contributed by atoms with van der Waals surface area (Å²) in [6.07, 6.45) is 0. The van der Waals surface area contributed by atoms with Crippen molar-refractivity contribution in [2.75, 3.05) is 23.8 Å². The number of amides is 1. The lowest BCUT2D eigenvalue weighted by molar-refractivity contribution is 0.0707. The number of aromatic nitrogens is 2. The lowest BCUT2D eigenvalue weighted by atomic mass is 10.2. The maximum Gasteiger partial charge on any atom is 0.276 e. The van der Waals surface area contributed by atoms with Gasteiger partial charge < -0.3 is 10.6 Å². The molecule has 0 radical (unpaired) electrons. The zero-order valence-corrected chi connectivity index (χ0v) is 11.1. The van der Waals surface area contributed by atoms with E-state index in [0.29, 0.717) is 11.4 Å². The lowest BCUT2D eigenvalue weighted by Crippen LogP contribution is -2.49. The van der Waals surface area contributed by atoms with Crippen LogP contribution in [0, 0.1) is 6.92 Å². The normalized spacial score (nSPS) is 23.0. The first kappa shape index (κ1) is 12.9. The number of hydrogen-bond donors (Lipinski definition) is 2. The highest BCUT2D eigenvalue weighted by Crippen LogP contribution is 2.19. The van der Waals surface area contributed by atoms with Gasteiger partial charge in [0, 0.05) is 12.6 Å². The van der Waals surface area contributed by atoms with Gasteiger partial charge in [0.25, 0.3) is 5.91 Å². The number of rotatable bonds is 1. The van der Waals surface area contributed by atoms with Crippen molar-refractivity contribution in [1.82, 2.24) is 15.1 Å². The van der Waals surface area contributed by atoms with Crippen LogP contribution in [0.15, 0.2) is 0 Å². The third-order valence-electron chi connectivity index (χ3n) is 3.13.